The number of halogens is 1. The molecule has 0 saturated heterocycles. The van der Waals surface area contributed by atoms with Gasteiger partial charge >= 0.3 is 0 Å². The SMILES string of the molecule is O=C(CCCc1nc2ccccc2[nH]1)NCC(O)c1cccc(Cl)c1. The highest BCUT2D eigenvalue weighted by molar-refractivity contribution is 6.30. The smallest absolute Gasteiger partial charge is 0.220 e. The number of nitrogens with one attached hydrogen (secondary N) is 2. The van der Waals surface area contributed by atoms with E-state index >= 15 is 0 Å². The molecule has 1 amide bonds. The van der Waals surface area contributed by atoms with E-state index in [0.717, 1.165) is 16.9 Å². The van der Waals surface area contributed by atoms with Crippen LogP contribution in [0.25, 0.3) is 11.0 Å². The van der Waals surface area contributed by atoms with Crippen LogP contribution >= 0.6 is 11.6 Å². The van der Waals surface area contributed by atoms with Gasteiger partial charge in [-0.2, -0.15) is 0 Å². The molecule has 130 valence electrons. The number of amides is 1. The molecule has 0 radical (unpaired) electrons. The summed E-state index contributed by atoms with van der Waals surface area (Å²) in [6.45, 7) is 0.170. The number of carbonyl (C=O) groups excluding carboxylic acids is 1. The average molecular weight is 358 g/mol. The van der Waals surface area contributed by atoms with Crippen molar-refractivity contribution in [1.29, 1.82) is 0 Å². The van der Waals surface area contributed by atoms with Gasteiger partial charge < -0.3 is 15.4 Å². The van der Waals surface area contributed by atoms with Crippen molar-refractivity contribution in [2.45, 2.75) is 25.4 Å². The van der Waals surface area contributed by atoms with Crippen molar-refractivity contribution in [1.82, 2.24) is 15.3 Å². The molecule has 0 bridgehead atoms. The summed E-state index contributed by atoms with van der Waals surface area (Å²) in [7, 11) is 0. The quantitative estimate of drug-likeness (QED) is 0.606. The summed E-state index contributed by atoms with van der Waals surface area (Å²) >= 11 is 5.90. The summed E-state index contributed by atoms with van der Waals surface area (Å²) in [5.74, 6) is 0.796. The molecule has 5 nitrogen and oxygen atoms in total. The molecule has 3 N–H and O–H groups in total. The van der Waals surface area contributed by atoms with E-state index in [0.29, 0.717) is 29.8 Å². The third-order valence-corrected chi connectivity index (χ3v) is 4.22. The number of fused-ring (bicyclic) bond motifs is 1. The van der Waals surface area contributed by atoms with Crippen molar-refractivity contribution in [3.63, 3.8) is 0 Å². The summed E-state index contributed by atoms with van der Waals surface area (Å²) in [6, 6.07) is 14.8. The Morgan fingerprint density at radius 2 is 2.08 bits per heavy atom. The molecule has 0 saturated carbocycles. The van der Waals surface area contributed by atoms with Gasteiger partial charge in [-0.3, -0.25) is 4.79 Å². The first kappa shape index (κ1) is 17.5. The zero-order valence-corrected chi connectivity index (χ0v) is 14.5. The Kier molecular flexibility index (Phi) is 5.68. The average Bonchev–Trinajstić information content (AvgIpc) is 3.02. The zero-order valence-electron chi connectivity index (χ0n) is 13.7. The molecule has 1 heterocycles. The number of aromatic nitrogens is 2. The molecular weight excluding hydrogens is 338 g/mol. The predicted octanol–water partition coefficient (Wildman–Crippen LogP) is 3.39. The maximum absolute atomic E-state index is 11.9. The number of hydrogen-bond donors (Lipinski definition) is 3. The summed E-state index contributed by atoms with van der Waals surface area (Å²) in [6.07, 6.45) is 1.02. The Labute approximate surface area is 151 Å². The van der Waals surface area contributed by atoms with Gasteiger partial charge in [0.15, 0.2) is 0 Å². The van der Waals surface area contributed by atoms with Crippen molar-refractivity contribution in [2.75, 3.05) is 6.54 Å². The third-order valence-electron chi connectivity index (χ3n) is 3.98. The predicted molar refractivity (Wildman–Crippen MR) is 98.5 cm³/mol. The van der Waals surface area contributed by atoms with Gasteiger partial charge in [0.1, 0.15) is 5.82 Å². The molecule has 6 heteroatoms. The van der Waals surface area contributed by atoms with E-state index in [1.54, 1.807) is 24.3 Å². The molecule has 1 atom stereocenters. The van der Waals surface area contributed by atoms with Gasteiger partial charge in [-0.1, -0.05) is 35.9 Å². The van der Waals surface area contributed by atoms with E-state index in [1.165, 1.54) is 0 Å². The monoisotopic (exact) mass is 357 g/mol. The van der Waals surface area contributed by atoms with Gasteiger partial charge in [0.2, 0.25) is 5.91 Å². The standard InChI is InChI=1S/C19H20ClN3O2/c20-14-6-3-5-13(11-14)17(24)12-21-19(25)10-4-9-18-22-15-7-1-2-8-16(15)23-18/h1-3,5-8,11,17,24H,4,9-10,12H2,(H,21,25)(H,22,23). The number of aliphatic hydroxyl groups excluding tert-OH is 1. The lowest BCUT2D eigenvalue weighted by Gasteiger charge is -2.12. The Bertz CT molecular complexity index is 830. The first-order valence-electron chi connectivity index (χ1n) is 8.25. The number of hydrogen-bond acceptors (Lipinski definition) is 3. The van der Waals surface area contributed by atoms with Crippen molar-refractivity contribution < 1.29 is 9.90 Å². The maximum Gasteiger partial charge on any atom is 0.220 e. The minimum Gasteiger partial charge on any atom is -0.387 e. The number of aryl methyl sites for hydroxylation is 1. The van der Waals surface area contributed by atoms with Crippen molar-refractivity contribution in [3.8, 4) is 0 Å². The molecule has 1 aromatic heterocycles. The number of aromatic amines is 1. The second-order valence-corrected chi connectivity index (χ2v) is 6.37. The van der Waals surface area contributed by atoms with Gasteiger partial charge in [-0.05, 0) is 36.2 Å². The van der Waals surface area contributed by atoms with Crippen LogP contribution in [0.1, 0.15) is 30.3 Å². The minimum atomic E-state index is -0.766. The van der Waals surface area contributed by atoms with E-state index in [4.69, 9.17) is 11.6 Å². The van der Waals surface area contributed by atoms with E-state index in [1.807, 2.05) is 24.3 Å². The van der Waals surface area contributed by atoms with Crippen LogP contribution in [0.2, 0.25) is 5.02 Å². The van der Waals surface area contributed by atoms with Crippen LogP contribution in [0.4, 0.5) is 0 Å². The van der Waals surface area contributed by atoms with E-state index in [9.17, 15) is 9.90 Å². The van der Waals surface area contributed by atoms with Crippen LogP contribution in [0.15, 0.2) is 48.5 Å². The van der Waals surface area contributed by atoms with Gasteiger partial charge in [-0.15, -0.1) is 0 Å². The molecule has 25 heavy (non-hydrogen) atoms. The van der Waals surface area contributed by atoms with E-state index in [2.05, 4.69) is 15.3 Å². The van der Waals surface area contributed by atoms with E-state index < -0.39 is 6.10 Å². The number of para-hydroxylation sites is 2. The van der Waals surface area contributed by atoms with Crippen molar-refractivity contribution in [3.05, 3.63) is 64.9 Å². The number of imidazole rings is 1. The molecule has 0 spiro atoms. The largest absolute Gasteiger partial charge is 0.387 e. The van der Waals surface area contributed by atoms with Crippen LogP contribution < -0.4 is 5.32 Å². The molecule has 3 rings (SSSR count). The highest BCUT2D eigenvalue weighted by Crippen LogP contribution is 2.17. The lowest BCUT2D eigenvalue weighted by Crippen LogP contribution is -2.28. The van der Waals surface area contributed by atoms with Crippen molar-refractivity contribution >= 4 is 28.5 Å². The Balaban J connectivity index is 1.42. The normalized spacial score (nSPS) is 12.2. The van der Waals surface area contributed by atoms with Crippen molar-refractivity contribution in [2.24, 2.45) is 0 Å². The highest BCUT2D eigenvalue weighted by Gasteiger charge is 2.10. The fourth-order valence-electron chi connectivity index (χ4n) is 2.67. The lowest BCUT2D eigenvalue weighted by atomic mass is 10.1. The molecule has 0 aliphatic heterocycles. The minimum absolute atomic E-state index is 0.0859. The fraction of sp³-hybridized carbons (Fsp3) is 0.263. The lowest BCUT2D eigenvalue weighted by molar-refractivity contribution is -0.121. The Morgan fingerprint density at radius 3 is 2.88 bits per heavy atom. The molecule has 1 unspecified atom stereocenters. The van der Waals surface area contributed by atoms with Crippen LogP contribution in [-0.4, -0.2) is 27.5 Å². The summed E-state index contributed by atoms with van der Waals surface area (Å²) in [5, 5.41) is 13.4. The van der Waals surface area contributed by atoms with Gasteiger partial charge in [-0.25, -0.2) is 4.98 Å². The van der Waals surface area contributed by atoms with Gasteiger partial charge in [0.25, 0.3) is 0 Å². The fourth-order valence-corrected chi connectivity index (χ4v) is 2.87. The van der Waals surface area contributed by atoms with Crippen LogP contribution in [-0.2, 0) is 11.2 Å². The molecule has 0 fully saturated rings. The van der Waals surface area contributed by atoms with Gasteiger partial charge in [0.05, 0.1) is 17.1 Å². The molecule has 3 aromatic rings. The van der Waals surface area contributed by atoms with E-state index in [-0.39, 0.29) is 12.5 Å². The second kappa shape index (κ2) is 8.14. The number of benzene rings is 2. The van der Waals surface area contributed by atoms with Gasteiger partial charge in [0, 0.05) is 24.4 Å². The molecule has 0 aliphatic carbocycles. The van der Waals surface area contributed by atoms with Crippen LogP contribution in [0, 0.1) is 0 Å². The topological polar surface area (TPSA) is 78.0 Å². The Hall–Kier alpha value is -2.37. The first-order chi connectivity index (χ1) is 12.1. The number of aliphatic hydroxyl groups is 1. The number of H-pyrrole nitrogens is 1. The summed E-state index contributed by atoms with van der Waals surface area (Å²) in [4.78, 5) is 19.7. The number of nitrogens with zero attached hydrogens (tertiary/aromatic N) is 1. The summed E-state index contributed by atoms with van der Waals surface area (Å²) < 4.78 is 0. The third kappa shape index (κ3) is 4.81. The second-order valence-electron chi connectivity index (χ2n) is 5.93. The highest BCUT2D eigenvalue weighted by atomic mass is 35.5. The number of carbonyl (C=O) groups is 1. The molecule has 0 aliphatic rings. The Morgan fingerprint density at radius 1 is 1.24 bits per heavy atom. The number of rotatable bonds is 7. The maximum atomic E-state index is 11.9. The van der Waals surface area contributed by atoms with Crippen LogP contribution in [0.3, 0.4) is 0 Å². The zero-order chi connectivity index (χ0) is 17.6. The van der Waals surface area contributed by atoms with Crippen LogP contribution in [0.5, 0.6) is 0 Å². The first-order valence-corrected chi connectivity index (χ1v) is 8.63. The molecule has 2 aromatic carbocycles. The molecular formula is C19H20ClN3O2. The summed E-state index contributed by atoms with van der Waals surface area (Å²) in [5.41, 5.74) is 2.63.